The van der Waals surface area contributed by atoms with E-state index >= 15 is 0 Å². The van der Waals surface area contributed by atoms with Gasteiger partial charge in [0.2, 0.25) is 0 Å². The summed E-state index contributed by atoms with van der Waals surface area (Å²) >= 11 is 0. The highest BCUT2D eigenvalue weighted by Gasteiger charge is 2.15. The van der Waals surface area contributed by atoms with Crippen LogP contribution in [0.1, 0.15) is 37.9 Å². The summed E-state index contributed by atoms with van der Waals surface area (Å²) in [5.74, 6) is 1.55. The van der Waals surface area contributed by atoms with Gasteiger partial charge in [-0.05, 0) is 51.1 Å². The smallest absolute Gasteiger partial charge is 0.336 e. The zero-order valence-corrected chi connectivity index (χ0v) is 16.4. The van der Waals surface area contributed by atoms with Crippen molar-refractivity contribution in [3.8, 4) is 17.2 Å². The lowest BCUT2D eigenvalue weighted by Crippen LogP contribution is -2.83. The Morgan fingerprint density at radius 2 is 1.79 bits per heavy atom. The molecule has 0 saturated heterocycles. The van der Waals surface area contributed by atoms with E-state index in [0.29, 0.717) is 25.3 Å². The molecule has 1 atom stereocenters. The highest BCUT2D eigenvalue weighted by Crippen LogP contribution is 2.30. The SMILES string of the molecule is CCOc1ccc([C@H](C)[NH2+]Cc2cc(=O)oc3cc(O)ccc23)cc1OCC. The first-order valence-corrected chi connectivity index (χ1v) is 9.50. The van der Waals surface area contributed by atoms with Crippen LogP contribution < -0.4 is 20.4 Å². The number of phenols is 1. The van der Waals surface area contributed by atoms with Crippen LogP contribution in [0.2, 0.25) is 0 Å². The van der Waals surface area contributed by atoms with Crippen LogP contribution >= 0.6 is 0 Å². The van der Waals surface area contributed by atoms with Crippen molar-refractivity contribution in [1.82, 2.24) is 0 Å². The highest BCUT2D eigenvalue weighted by atomic mass is 16.5. The van der Waals surface area contributed by atoms with Crippen molar-refractivity contribution in [3.63, 3.8) is 0 Å². The third-order valence-electron chi connectivity index (χ3n) is 4.60. The molecule has 3 rings (SSSR count). The molecule has 0 aliphatic rings. The Hall–Kier alpha value is -2.99. The number of fused-ring (bicyclic) bond motifs is 1. The predicted molar refractivity (Wildman–Crippen MR) is 107 cm³/mol. The Bertz CT molecular complexity index is 1010. The van der Waals surface area contributed by atoms with Gasteiger partial charge in [0.25, 0.3) is 0 Å². The maximum Gasteiger partial charge on any atom is 0.336 e. The van der Waals surface area contributed by atoms with Crippen LogP contribution in [0.15, 0.2) is 51.7 Å². The van der Waals surface area contributed by atoms with Gasteiger partial charge in [0.15, 0.2) is 11.5 Å². The van der Waals surface area contributed by atoms with Crippen molar-refractivity contribution >= 4 is 11.0 Å². The molecule has 0 aliphatic heterocycles. The van der Waals surface area contributed by atoms with Crippen molar-refractivity contribution < 1.29 is 24.3 Å². The molecule has 0 amide bonds. The molecule has 0 spiro atoms. The second-order valence-electron chi connectivity index (χ2n) is 6.57. The molecule has 0 bridgehead atoms. The van der Waals surface area contributed by atoms with Crippen LogP contribution in [0, 0.1) is 0 Å². The van der Waals surface area contributed by atoms with Crippen LogP contribution in [-0.2, 0) is 6.54 Å². The van der Waals surface area contributed by atoms with E-state index in [2.05, 4.69) is 12.2 Å². The molecule has 6 heteroatoms. The van der Waals surface area contributed by atoms with Gasteiger partial charge in [-0.15, -0.1) is 0 Å². The fraction of sp³-hybridized carbons (Fsp3) is 0.318. The van der Waals surface area contributed by atoms with Crippen molar-refractivity contribution in [2.45, 2.75) is 33.4 Å². The molecular weight excluding hydrogens is 358 g/mol. The quantitative estimate of drug-likeness (QED) is 0.583. The normalized spacial score (nSPS) is 12.1. The third kappa shape index (κ3) is 4.46. The first-order valence-electron chi connectivity index (χ1n) is 9.50. The molecule has 148 valence electrons. The predicted octanol–water partition coefficient (Wildman–Crippen LogP) is 3.12. The van der Waals surface area contributed by atoms with Crippen LogP contribution in [0.3, 0.4) is 0 Å². The van der Waals surface area contributed by atoms with E-state index in [1.54, 1.807) is 12.1 Å². The Labute approximate surface area is 163 Å². The average Bonchev–Trinajstić information content (AvgIpc) is 2.67. The number of hydrogen-bond donors (Lipinski definition) is 2. The lowest BCUT2D eigenvalue weighted by Gasteiger charge is -2.16. The van der Waals surface area contributed by atoms with Crippen molar-refractivity contribution in [2.75, 3.05) is 13.2 Å². The fourth-order valence-electron chi connectivity index (χ4n) is 3.18. The molecule has 2 aromatic carbocycles. The number of quaternary nitrogens is 1. The zero-order valence-electron chi connectivity index (χ0n) is 16.4. The summed E-state index contributed by atoms with van der Waals surface area (Å²) < 4.78 is 16.5. The minimum Gasteiger partial charge on any atom is -0.508 e. The molecule has 0 saturated carbocycles. The molecule has 3 aromatic rings. The summed E-state index contributed by atoms with van der Waals surface area (Å²) in [6.45, 7) is 7.75. The second kappa shape index (κ2) is 8.80. The van der Waals surface area contributed by atoms with Crippen LogP contribution in [0.4, 0.5) is 0 Å². The number of rotatable bonds is 8. The van der Waals surface area contributed by atoms with Gasteiger partial charge in [-0.3, -0.25) is 0 Å². The average molecular weight is 384 g/mol. The van der Waals surface area contributed by atoms with Gasteiger partial charge in [-0.2, -0.15) is 0 Å². The highest BCUT2D eigenvalue weighted by molar-refractivity contribution is 5.81. The van der Waals surface area contributed by atoms with E-state index in [1.165, 1.54) is 12.1 Å². The molecule has 1 heterocycles. The van der Waals surface area contributed by atoms with E-state index in [9.17, 15) is 9.90 Å². The summed E-state index contributed by atoms with van der Waals surface area (Å²) in [7, 11) is 0. The Morgan fingerprint density at radius 3 is 2.54 bits per heavy atom. The monoisotopic (exact) mass is 384 g/mol. The van der Waals surface area contributed by atoms with Gasteiger partial charge >= 0.3 is 5.63 Å². The lowest BCUT2D eigenvalue weighted by molar-refractivity contribution is -0.707. The standard InChI is InChI=1S/C22H25NO5/c1-4-26-19-9-6-15(10-21(19)27-5-2)14(3)23-13-16-11-22(25)28-20-12-17(24)7-8-18(16)20/h6-12,14,23-24H,4-5,13H2,1-3H3/p+1/t14-/m0/s1. The maximum atomic E-state index is 11.9. The summed E-state index contributed by atoms with van der Waals surface area (Å²) in [4.78, 5) is 11.9. The first-order chi connectivity index (χ1) is 13.5. The molecule has 6 nitrogen and oxygen atoms in total. The fourth-order valence-corrected chi connectivity index (χ4v) is 3.18. The first kappa shape index (κ1) is 19.8. The van der Waals surface area contributed by atoms with E-state index in [-0.39, 0.29) is 11.8 Å². The molecule has 0 unspecified atom stereocenters. The molecule has 0 radical (unpaired) electrons. The number of benzene rings is 2. The molecule has 0 fully saturated rings. The van der Waals surface area contributed by atoms with Crippen LogP contribution in [0.5, 0.6) is 17.2 Å². The second-order valence-corrected chi connectivity index (χ2v) is 6.57. The Morgan fingerprint density at radius 1 is 1.04 bits per heavy atom. The van der Waals surface area contributed by atoms with Gasteiger partial charge in [0, 0.05) is 28.6 Å². The lowest BCUT2D eigenvalue weighted by atomic mass is 10.1. The molecule has 0 aliphatic carbocycles. The van der Waals surface area contributed by atoms with E-state index < -0.39 is 5.63 Å². The van der Waals surface area contributed by atoms with Gasteiger partial charge < -0.3 is 24.3 Å². The molecule has 28 heavy (non-hydrogen) atoms. The summed E-state index contributed by atoms with van der Waals surface area (Å²) in [6, 6.07) is 12.5. The molecule has 3 N–H and O–H groups in total. The number of ether oxygens (including phenoxy) is 2. The minimum atomic E-state index is -0.422. The molecule has 1 aromatic heterocycles. The Balaban J connectivity index is 1.81. The van der Waals surface area contributed by atoms with E-state index in [4.69, 9.17) is 13.9 Å². The molecular formula is C22H26NO5+. The maximum absolute atomic E-state index is 11.9. The summed E-state index contributed by atoms with van der Waals surface area (Å²) in [5.41, 5.74) is 1.95. The zero-order chi connectivity index (χ0) is 20.1. The number of nitrogens with two attached hydrogens (primary N) is 1. The van der Waals surface area contributed by atoms with Gasteiger partial charge in [-0.25, -0.2) is 4.79 Å². The topological polar surface area (TPSA) is 85.5 Å². The number of phenolic OH excluding ortho intramolecular Hbond substituents is 1. The van der Waals surface area contributed by atoms with Crippen LogP contribution in [-0.4, -0.2) is 18.3 Å². The number of aromatic hydroxyl groups is 1. The van der Waals surface area contributed by atoms with Crippen molar-refractivity contribution in [1.29, 1.82) is 0 Å². The van der Waals surface area contributed by atoms with Gasteiger partial charge in [0.05, 0.1) is 13.2 Å². The van der Waals surface area contributed by atoms with Crippen LogP contribution in [0.25, 0.3) is 11.0 Å². The van der Waals surface area contributed by atoms with E-state index in [1.807, 2.05) is 32.0 Å². The van der Waals surface area contributed by atoms with Gasteiger partial charge in [-0.1, -0.05) is 0 Å². The number of hydrogen-bond acceptors (Lipinski definition) is 5. The van der Waals surface area contributed by atoms with E-state index in [0.717, 1.165) is 28.0 Å². The Kier molecular flexibility index (Phi) is 6.21. The minimum absolute atomic E-state index is 0.0722. The van der Waals surface area contributed by atoms with Gasteiger partial charge in [0.1, 0.15) is 23.9 Å². The summed E-state index contributed by atoms with van der Waals surface area (Å²) in [6.07, 6.45) is 0. The van der Waals surface area contributed by atoms with Crippen molar-refractivity contribution in [3.05, 3.63) is 64.0 Å². The van der Waals surface area contributed by atoms with Crippen molar-refractivity contribution in [2.24, 2.45) is 0 Å². The largest absolute Gasteiger partial charge is 0.508 e. The summed E-state index contributed by atoms with van der Waals surface area (Å²) in [5, 5.41) is 12.6. The third-order valence-corrected chi connectivity index (χ3v) is 4.60.